The molecule has 0 aliphatic rings. The smallest absolute Gasteiger partial charge is 0.343 e. The van der Waals surface area contributed by atoms with Crippen LogP contribution in [0.3, 0.4) is 0 Å². The van der Waals surface area contributed by atoms with Crippen LogP contribution in [0.5, 0.6) is 5.75 Å². The number of esters is 1. The van der Waals surface area contributed by atoms with Crippen LogP contribution in [0.15, 0.2) is 53.5 Å². The summed E-state index contributed by atoms with van der Waals surface area (Å²) in [6.45, 7) is 3.54. The highest BCUT2D eigenvalue weighted by Gasteiger charge is 2.12. The van der Waals surface area contributed by atoms with Crippen molar-refractivity contribution in [3.8, 4) is 5.75 Å². The Balaban J connectivity index is 1.82. The summed E-state index contributed by atoms with van der Waals surface area (Å²) in [6.07, 6.45) is 1.54. The van der Waals surface area contributed by atoms with Crippen LogP contribution in [0.25, 0.3) is 10.8 Å². The number of aromatic nitrogens is 1. The number of pyridine rings is 1. The Morgan fingerprint density at radius 1 is 1.03 bits per heavy atom. The number of carbonyl (C=O) groups excluding carboxylic acids is 2. The van der Waals surface area contributed by atoms with Crippen molar-refractivity contribution in [2.24, 2.45) is 0 Å². The van der Waals surface area contributed by atoms with Gasteiger partial charge in [0.05, 0.1) is 12.5 Å². The van der Waals surface area contributed by atoms with E-state index in [0.29, 0.717) is 16.5 Å². The number of methoxy groups -OCH3 is 1. The van der Waals surface area contributed by atoms with Gasteiger partial charge < -0.3 is 19.4 Å². The summed E-state index contributed by atoms with van der Waals surface area (Å²) in [5.41, 5.74) is 2.47. The molecule has 0 atom stereocenters. The summed E-state index contributed by atoms with van der Waals surface area (Å²) in [6, 6.07) is 12.3. The van der Waals surface area contributed by atoms with Gasteiger partial charge in [-0.25, -0.2) is 4.79 Å². The predicted molar refractivity (Wildman–Crippen MR) is 110 cm³/mol. The molecule has 1 N–H and O–H groups in total. The molecule has 3 aromatic rings. The molecule has 1 heterocycles. The van der Waals surface area contributed by atoms with Gasteiger partial charge >= 0.3 is 5.97 Å². The zero-order valence-corrected chi connectivity index (χ0v) is 16.5. The summed E-state index contributed by atoms with van der Waals surface area (Å²) < 4.78 is 11.4. The van der Waals surface area contributed by atoms with Gasteiger partial charge in [-0.1, -0.05) is 18.2 Å². The van der Waals surface area contributed by atoms with Gasteiger partial charge in [0.25, 0.3) is 5.56 Å². The van der Waals surface area contributed by atoms with E-state index in [1.807, 2.05) is 32.0 Å². The van der Waals surface area contributed by atoms with E-state index >= 15 is 0 Å². The maximum Gasteiger partial charge on any atom is 0.343 e. The van der Waals surface area contributed by atoms with Gasteiger partial charge in [-0.3, -0.25) is 9.59 Å². The minimum atomic E-state index is -0.515. The first-order valence-corrected chi connectivity index (χ1v) is 9.08. The Morgan fingerprint density at radius 3 is 2.55 bits per heavy atom. The lowest BCUT2D eigenvalue weighted by molar-refractivity contribution is -0.142. The molecule has 150 valence electrons. The second-order valence-corrected chi connectivity index (χ2v) is 6.63. The van der Waals surface area contributed by atoms with Crippen LogP contribution in [-0.4, -0.2) is 30.2 Å². The number of nitrogens with zero attached hydrogens (tertiary/aromatic N) is 1. The predicted octanol–water partition coefficient (Wildman–Crippen LogP) is 2.81. The minimum absolute atomic E-state index is 0.116. The van der Waals surface area contributed by atoms with Crippen LogP contribution >= 0.6 is 0 Å². The van der Waals surface area contributed by atoms with Crippen LogP contribution in [0.1, 0.15) is 11.1 Å². The van der Waals surface area contributed by atoms with E-state index in [2.05, 4.69) is 10.1 Å². The van der Waals surface area contributed by atoms with Crippen LogP contribution in [0.2, 0.25) is 0 Å². The van der Waals surface area contributed by atoms with Crippen molar-refractivity contribution < 1.29 is 19.1 Å². The molecular weight excluding hydrogens is 372 g/mol. The van der Waals surface area contributed by atoms with Crippen molar-refractivity contribution >= 4 is 28.3 Å². The molecule has 0 spiro atoms. The first-order chi connectivity index (χ1) is 13.9. The van der Waals surface area contributed by atoms with Crippen molar-refractivity contribution in [2.75, 3.05) is 19.0 Å². The van der Waals surface area contributed by atoms with Crippen molar-refractivity contribution in [1.29, 1.82) is 0 Å². The van der Waals surface area contributed by atoms with E-state index in [9.17, 15) is 14.4 Å². The Kier molecular flexibility index (Phi) is 5.97. The number of rotatable bonds is 6. The third-order valence-electron chi connectivity index (χ3n) is 4.74. The zero-order valence-electron chi connectivity index (χ0n) is 16.5. The summed E-state index contributed by atoms with van der Waals surface area (Å²) in [5.74, 6) is -0.409. The Bertz CT molecular complexity index is 1130. The molecule has 1 aromatic heterocycles. The molecular formula is C22H22N2O5. The van der Waals surface area contributed by atoms with Crippen molar-refractivity contribution in [1.82, 2.24) is 4.57 Å². The number of nitrogens with one attached hydrogen (secondary N) is 1. The van der Waals surface area contributed by atoms with Crippen LogP contribution in [0, 0.1) is 13.8 Å². The van der Waals surface area contributed by atoms with Crippen LogP contribution < -0.4 is 15.6 Å². The molecule has 0 aliphatic carbocycles. The Morgan fingerprint density at radius 2 is 1.79 bits per heavy atom. The number of amides is 1. The first-order valence-electron chi connectivity index (χ1n) is 9.08. The molecule has 0 radical (unpaired) electrons. The van der Waals surface area contributed by atoms with E-state index in [1.54, 1.807) is 30.5 Å². The van der Waals surface area contributed by atoms with E-state index < -0.39 is 5.97 Å². The minimum Gasteiger partial charge on any atom is -0.481 e. The van der Waals surface area contributed by atoms with E-state index in [-0.39, 0.29) is 24.6 Å². The zero-order chi connectivity index (χ0) is 21.0. The highest BCUT2D eigenvalue weighted by molar-refractivity contribution is 5.92. The largest absolute Gasteiger partial charge is 0.481 e. The molecule has 0 aliphatic heterocycles. The quantitative estimate of drug-likeness (QED) is 0.650. The van der Waals surface area contributed by atoms with Crippen LogP contribution in [0.4, 0.5) is 5.69 Å². The normalized spacial score (nSPS) is 10.6. The lowest BCUT2D eigenvalue weighted by atomic mass is 10.1. The molecule has 2 aromatic carbocycles. The summed E-state index contributed by atoms with van der Waals surface area (Å²) in [7, 11) is 1.27. The van der Waals surface area contributed by atoms with Crippen molar-refractivity contribution in [3.63, 3.8) is 0 Å². The number of ether oxygens (including phenoxy) is 2. The number of anilines is 1. The molecule has 0 saturated carbocycles. The number of aryl methyl sites for hydroxylation is 1. The number of fused-ring (bicyclic) bond motifs is 1. The van der Waals surface area contributed by atoms with Gasteiger partial charge in [0.15, 0.2) is 6.61 Å². The number of hydrogen-bond donors (Lipinski definition) is 1. The highest BCUT2D eigenvalue weighted by atomic mass is 16.6. The van der Waals surface area contributed by atoms with Crippen LogP contribution in [-0.2, 0) is 20.9 Å². The molecule has 0 fully saturated rings. The molecule has 3 rings (SSSR count). The van der Waals surface area contributed by atoms with E-state index in [0.717, 1.165) is 16.8 Å². The number of carbonyl (C=O) groups is 2. The van der Waals surface area contributed by atoms with Crippen molar-refractivity contribution in [3.05, 3.63) is 70.1 Å². The highest BCUT2D eigenvalue weighted by Crippen LogP contribution is 2.23. The molecule has 0 unspecified atom stereocenters. The molecule has 7 nitrogen and oxygen atoms in total. The SMILES string of the molecule is COC(=O)COc1cccc2c(=O)n(CC(=O)Nc3cccc(C)c3C)ccc12. The Hall–Kier alpha value is -3.61. The average Bonchev–Trinajstić information content (AvgIpc) is 2.71. The summed E-state index contributed by atoms with van der Waals surface area (Å²) in [4.78, 5) is 36.6. The topological polar surface area (TPSA) is 86.6 Å². The molecule has 0 bridgehead atoms. The fraction of sp³-hybridized carbons (Fsp3) is 0.227. The van der Waals surface area contributed by atoms with Gasteiger partial charge in [-0.15, -0.1) is 0 Å². The van der Waals surface area contributed by atoms with Gasteiger partial charge in [0.1, 0.15) is 12.3 Å². The molecule has 1 amide bonds. The number of benzene rings is 2. The molecule has 7 heteroatoms. The summed E-state index contributed by atoms with van der Waals surface area (Å²) >= 11 is 0. The maximum absolute atomic E-state index is 12.8. The van der Waals surface area contributed by atoms with Gasteiger partial charge in [-0.2, -0.15) is 0 Å². The van der Waals surface area contributed by atoms with E-state index in [4.69, 9.17) is 4.74 Å². The second kappa shape index (κ2) is 8.60. The second-order valence-electron chi connectivity index (χ2n) is 6.63. The van der Waals surface area contributed by atoms with Gasteiger partial charge in [0.2, 0.25) is 5.91 Å². The third kappa shape index (κ3) is 4.45. The average molecular weight is 394 g/mol. The summed E-state index contributed by atoms with van der Waals surface area (Å²) in [5, 5.41) is 3.81. The first kappa shape index (κ1) is 20.1. The monoisotopic (exact) mass is 394 g/mol. The third-order valence-corrected chi connectivity index (χ3v) is 4.74. The van der Waals surface area contributed by atoms with E-state index in [1.165, 1.54) is 11.7 Å². The lowest BCUT2D eigenvalue weighted by Crippen LogP contribution is -2.27. The fourth-order valence-corrected chi connectivity index (χ4v) is 2.97. The lowest BCUT2D eigenvalue weighted by Gasteiger charge is -2.12. The maximum atomic E-state index is 12.8. The number of hydrogen-bond acceptors (Lipinski definition) is 5. The van der Waals surface area contributed by atoms with Gasteiger partial charge in [0, 0.05) is 17.3 Å². The molecule has 29 heavy (non-hydrogen) atoms. The Labute approximate surface area is 167 Å². The fourth-order valence-electron chi connectivity index (χ4n) is 2.97. The van der Waals surface area contributed by atoms with Gasteiger partial charge in [-0.05, 0) is 49.2 Å². The van der Waals surface area contributed by atoms with Crippen molar-refractivity contribution in [2.45, 2.75) is 20.4 Å². The standard InChI is InChI=1S/C22H22N2O5/c1-14-6-4-8-18(15(14)2)23-20(25)12-24-11-10-16-17(22(24)27)7-5-9-19(16)29-13-21(26)28-3/h4-11H,12-13H2,1-3H3,(H,23,25). The molecule has 0 saturated heterocycles.